The van der Waals surface area contributed by atoms with Crippen molar-refractivity contribution in [1.82, 2.24) is 14.7 Å². The minimum absolute atomic E-state index is 0.269. The van der Waals surface area contributed by atoms with Gasteiger partial charge in [-0.15, -0.1) is 0 Å². The van der Waals surface area contributed by atoms with Crippen LogP contribution in [-0.4, -0.2) is 80.1 Å². The molecule has 2 saturated heterocycles. The normalized spacial score (nSPS) is 22.3. The standard InChI is InChI=1S/C19H27Cl2N3O2/c1-26-9-8-24-14-16(11-19(24)25)13-23-6-4-22(5-7-23)12-15-2-3-17(20)18(21)10-15/h2-3,10,16H,4-9,11-14H2,1H3/t16-/m0/s1. The molecule has 1 aromatic carbocycles. The van der Waals surface area contributed by atoms with E-state index in [4.69, 9.17) is 27.9 Å². The highest BCUT2D eigenvalue weighted by molar-refractivity contribution is 6.42. The highest BCUT2D eigenvalue weighted by atomic mass is 35.5. The molecular formula is C19H27Cl2N3O2. The van der Waals surface area contributed by atoms with Crippen LogP contribution in [0.1, 0.15) is 12.0 Å². The Morgan fingerprint density at radius 2 is 1.85 bits per heavy atom. The maximum Gasteiger partial charge on any atom is 0.223 e. The number of methoxy groups -OCH3 is 1. The molecule has 0 radical (unpaired) electrons. The van der Waals surface area contributed by atoms with Crippen molar-refractivity contribution in [2.24, 2.45) is 5.92 Å². The minimum Gasteiger partial charge on any atom is -0.383 e. The number of carbonyl (C=O) groups excluding carboxylic acids is 1. The van der Waals surface area contributed by atoms with Crippen molar-refractivity contribution in [2.75, 3.05) is 59.5 Å². The zero-order valence-electron chi connectivity index (χ0n) is 15.3. The molecule has 1 atom stereocenters. The highest BCUT2D eigenvalue weighted by Gasteiger charge is 2.31. The van der Waals surface area contributed by atoms with Crippen molar-refractivity contribution >= 4 is 29.1 Å². The molecule has 2 aliphatic heterocycles. The second kappa shape index (κ2) is 9.38. The first-order chi connectivity index (χ1) is 12.5. The Bertz CT molecular complexity index is 621. The van der Waals surface area contributed by atoms with Crippen molar-refractivity contribution in [3.63, 3.8) is 0 Å². The topological polar surface area (TPSA) is 36.0 Å². The van der Waals surface area contributed by atoms with E-state index in [0.717, 1.165) is 45.8 Å². The van der Waals surface area contributed by atoms with E-state index in [9.17, 15) is 4.79 Å². The Morgan fingerprint density at radius 3 is 2.54 bits per heavy atom. The number of nitrogens with zero attached hydrogens (tertiary/aromatic N) is 3. The molecule has 0 bridgehead atoms. The van der Waals surface area contributed by atoms with E-state index in [2.05, 4.69) is 9.80 Å². The average molecular weight is 400 g/mol. The molecule has 0 N–H and O–H groups in total. The van der Waals surface area contributed by atoms with E-state index in [1.807, 2.05) is 23.1 Å². The molecular weight excluding hydrogens is 373 g/mol. The third-order valence-corrected chi connectivity index (χ3v) is 5.97. The van der Waals surface area contributed by atoms with Gasteiger partial charge in [0.15, 0.2) is 0 Å². The number of ether oxygens (including phenoxy) is 1. The van der Waals surface area contributed by atoms with Gasteiger partial charge in [-0.25, -0.2) is 0 Å². The van der Waals surface area contributed by atoms with E-state index >= 15 is 0 Å². The lowest BCUT2D eigenvalue weighted by molar-refractivity contribution is -0.128. The predicted molar refractivity (Wildman–Crippen MR) is 105 cm³/mol. The maximum absolute atomic E-state index is 12.1. The van der Waals surface area contributed by atoms with Crippen molar-refractivity contribution in [2.45, 2.75) is 13.0 Å². The Kier molecular flexibility index (Phi) is 7.18. The van der Waals surface area contributed by atoms with E-state index < -0.39 is 0 Å². The van der Waals surface area contributed by atoms with Gasteiger partial charge in [-0.2, -0.15) is 0 Å². The van der Waals surface area contributed by atoms with Crippen LogP contribution in [-0.2, 0) is 16.1 Å². The van der Waals surface area contributed by atoms with Crippen LogP contribution < -0.4 is 0 Å². The molecule has 2 aliphatic rings. The maximum atomic E-state index is 12.1. The summed E-state index contributed by atoms with van der Waals surface area (Å²) in [7, 11) is 1.68. The third kappa shape index (κ3) is 5.33. The van der Waals surface area contributed by atoms with Crippen LogP contribution in [0.2, 0.25) is 10.0 Å². The fourth-order valence-corrected chi connectivity index (χ4v) is 4.11. The number of piperazine rings is 1. The highest BCUT2D eigenvalue weighted by Crippen LogP contribution is 2.24. The van der Waals surface area contributed by atoms with Gasteiger partial charge in [-0.1, -0.05) is 29.3 Å². The number of likely N-dealkylation sites (tertiary alicyclic amines) is 1. The lowest BCUT2D eigenvalue weighted by atomic mass is 10.1. The Morgan fingerprint density at radius 1 is 1.12 bits per heavy atom. The number of rotatable bonds is 7. The monoisotopic (exact) mass is 399 g/mol. The molecule has 1 aromatic rings. The van der Waals surface area contributed by atoms with Crippen molar-refractivity contribution in [3.8, 4) is 0 Å². The van der Waals surface area contributed by atoms with Crippen LogP contribution in [0.5, 0.6) is 0 Å². The van der Waals surface area contributed by atoms with E-state index in [-0.39, 0.29) is 5.91 Å². The smallest absolute Gasteiger partial charge is 0.223 e. The molecule has 0 saturated carbocycles. The van der Waals surface area contributed by atoms with Gasteiger partial charge >= 0.3 is 0 Å². The van der Waals surface area contributed by atoms with Gasteiger partial charge in [-0.05, 0) is 23.6 Å². The first-order valence-corrected chi connectivity index (χ1v) is 9.96. The summed E-state index contributed by atoms with van der Waals surface area (Å²) >= 11 is 12.1. The van der Waals surface area contributed by atoms with Gasteiger partial charge in [0.25, 0.3) is 0 Å². The van der Waals surface area contributed by atoms with Crippen LogP contribution in [0.15, 0.2) is 18.2 Å². The second-order valence-electron chi connectivity index (χ2n) is 7.23. The first-order valence-electron chi connectivity index (χ1n) is 9.20. The van der Waals surface area contributed by atoms with Crippen molar-refractivity contribution in [1.29, 1.82) is 0 Å². The summed E-state index contributed by atoms with van der Waals surface area (Å²) in [5, 5.41) is 1.22. The van der Waals surface area contributed by atoms with Gasteiger partial charge < -0.3 is 14.5 Å². The van der Waals surface area contributed by atoms with Gasteiger partial charge in [0.1, 0.15) is 0 Å². The predicted octanol–water partition coefficient (Wildman–Crippen LogP) is 2.61. The first kappa shape index (κ1) is 19.9. The molecule has 3 rings (SSSR count). The van der Waals surface area contributed by atoms with E-state index in [1.54, 1.807) is 7.11 Å². The van der Waals surface area contributed by atoms with Gasteiger partial charge in [0.2, 0.25) is 5.91 Å². The molecule has 2 heterocycles. The van der Waals surface area contributed by atoms with Gasteiger partial charge in [0, 0.05) is 65.9 Å². The van der Waals surface area contributed by atoms with Gasteiger partial charge in [0.05, 0.1) is 16.7 Å². The fourth-order valence-electron chi connectivity index (χ4n) is 3.79. The van der Waals surface area contributed by atoms with Crippen molar-refractivity contribution in [3.05, 3.63) is 33.8 Å². The second-order valence-corrected chi connectivity index (χ2v) is 8.04. The quantitative estimate of drug-likeness (QED) is 0.705. The summed E-state index contributed by atoms with van der Waals surface area (Å²) in [5.41, 5.74) is 1.20. The number of carbonyl (C=O) groups is 1. The summed E-state index contributed by atoms with van der Waals surface area (Å²) in [5.74, 6) is 0.714. The summed E-state index contributed by atoms with van der Waals surface area (Å²) in [6.45, 7) is 8.27. The minimum atomic E-state index is 0.269. The van der Waals surface area contributed by atoms with E-state index in [1.165, 1.54) is 5.56 Å². The molecule has 2 fully saturated rings. The molecule has 5 nitrogen and oxygen atoms in total. The SMILES string of the molecule is COCCN1C[C@H](CN2CCN(Cc3ccc(Cl)c(Cl)c3)CC2)CC1=O. The molecule has 7 heteroatoms. The molecule has 0 aliphatic carbocycles. The molecule has 1 amide bonds. The van der Waals surface area contributed by atoms with Crippen LogP contribution in [0.25, 0.3) is 0 Å². The Hall–Kier alpha value is -0.850. The number of hydrogen-bond acceptors (Lipinski definition) is 4. The number of amides is 1. The summed E-state index contributed by atoms with van der Waals surface area (Å²) in [6, 6.07) is 5.86. The molecule has 0 spiro atoms. The summed E-state index contributed by atoms with van der Waals surface area (Å²) in [4.78, 5) is 18.9. The van der Waals surface area contributed by atoms with Crippen LogP contribution in [0.4, 0.5) is 0 Å². The van der Waals surface area contributed by atoms with Crippen LogP contribution >= 0.6 is 23.2 Å². The Labute approximate surface area is 165 Å². The molecule has 144 valence electrons. The zero-order chi connectivity index (χ0) is 18.5. The lowest BCUT2D eigenvalue weighted by Crippen LogP contribution is -2.47. The largest absolute Gasteiger partial charge is 0.383 e. The van der Waals surface area contributed by atoms with E-state index in [0.29, 0.717) is 35.5 Å². The lowest BCUT2D eigenvalue weighted by Gasteiger charge is -2.35. The molecule has 0 aromatic heterocycles. The number of hydrogen-bond donors (Lipinski definition) is 0. The van der Waals surface area contributed by atoms with Crippen LogP contribution in [0, 0.1) is 5.92 Å². The zero-order valence-corrected chi connectivity index (χ0v) is 16.8. The van der Waals surface area contributed by atoms with Gasteiger partial charge in [-0.3, -0.25) is 9.69 Å². The van der Waals surface area contributed by atoms with Crippen molar-refractivity contribution < 1.29 is 9.53 Å². The molecule has 0 unspecified atom stereocenters. The summed E-state index contributed by atoms with van der Waals surface area (Å²) < 4.78 is 5.09. The van der Waals surface area contributed by atoms with Crippen LogP contribution in [0.3, 0.4) is 0 Å². The average Bonchev–Trinajstić information content (AvgIpc) is 2.97. The summed E-state index contributed by atoms with van der Waals surface area (Å²) in [6.07, 6.45) is 0.674. The number of halogens is 2. The third-order valence-electron chi connectivity index (χ3n) is 5.23. The fraction of sp³-hybridized carbons (Fsp3) is 0.632. The molecule has 26 heavy (non-hydrogen) atoms. The Balaban J connectivity index is 1.41. The number of benzene rings is 1.